The van der Waals surface area contributed by atoms with Crippen LogP contribution in [0.25, 0.3) is 5.70 Å². The third kappa shape index (κ3) is 2.98. The van der Waals surface area contributed by atoms with Crippen molar-refractivity contribution in [3.8, 4) is 0 Å². The molecule has 3 nitrogen and oxygen atoms in total. The number of nitrogens with one attached hydrogen (secondary N) is 1. The molecular weight excluding hydrogens is 238 g/mol. The van der Waals surface area contributed by atoms with Crippen LogP contribution in [0.15, 0.2) is 29.8 Å². The molecule has 1 aliphatic rings. The maximum Gasteiger partial charge on any atom is 0.335 e. The molecule has 0 radical (unpaired) electrons. The zero-order chi connectivity index (χ0) is 14.0. The second-order valence-electron chi connectivity index (χ2n) is 5.88. The molecule has 0 fully saturated rings. The zero-order valence-electron chi connectivity index (χ0n) is 12.0. The fourth-order valence-electron chi connectivity index (χ4n) is 2.37. The van der Waals surface area contributed by atoms with Gasteiger partial charge >= 0.3 is 5.97 Å². The molecule has 1 aromatic rings. The van der Waals surface area contributed by atoms with E-state index in [2.05, 4.69) is 38.2 Å². The summed E-state index contributed by atoms with van der Waals surface area (Å²) in [7, 11) is 1.44. The van der Waals surface area contributed by atoms with Crippen molar-refractivity contribution in [3.63, 3.8) is 0 Å². The van der Waals surface area contributed by atoms with Gasteiger partial charge in [0.1, 0.15) is 0 Å². The summed E-state index contributed by atoms with van der Waals surface area (Å²) in [6.45, 7) is 6.27. The summed E-state index contributed by atoms with van der Waals surface area (Å²) < 4.78 is 4.91. The Bertz CT molecular complexity index is 524. The van der Waals surface area contributed by atoms with Crippen LogP contribution in [0.2, 0.25) is 0 Å². The lowest BCUT2D eigenvalue weighted by Crippen LogP contribution is -2.37. The van der Waals surface area contributed by atoms with Gasteiger partial charge in [0.25, 0.3) is 0 Å². The van der Waals surface area contributed by atoms with Gasteiger partial charge in [0, 0.05) is 11.1 Å². The number of fused-ring (bicyclic) bond motifs is 1. The molecular formula is C16H21NO2. The Balaban J connectivity index is 2.53. The lowest BCUT2D eigenvalue weighted by molar-refractivity contribution is -0.136. The van der Waals surface area contributed by atoms with Gasteiger partial charge in [0.15, 0.2) is 0 Å². The Morgan fingerprint density at radius 3 is 2.53 bits per heavy atom. The van der Waals surface area contributed by atoms with Gasteiger partial charge in [0.2, 0.25) is 0 Å². The van der Waals surface area contributed by atoms with E-state index in [1.54, 1.807) is 0 Å². The molecule has 0 spiro atoms. The van der Waals surface area contributed by atoms with Crippen LogP contribution in [0.5, 0.6) is 0 Å². The number of aryl methyl sites for hydroxylation is 1. The van der Waals surface area contributed by atoms with Crippen LogP contribution in [0, 0.1) is 0 Å². The quantitative estimate of drug-likeness (QED) is 0.830. The molecule has 0 atom stereocenters. The number of hydrogen-bond donors (Lipinski definition) is 1. The minimum absolute atomic E-state index is 0.0982. The van der Waals surface area contributed by atoms with E-state index in [0.717, 1.165) is 29.7 Å². The molecule has 0 aliphatic heterocycles. The average molecular weight is 259 g/mol. The van der Waals surface area contributed by atoms with Crippen molar-refractivity contribution in [2.45, 2.75) is 39.2 Å². The van der Waals surface area contributed by atoms with Gasteiger partial charge in [-0.3, -0.25) is 0 Å². The molecule has 0 heterocycles. The number of rotatable bonds is 2. The maximum atomic E-state index is 12.0. The predicted molar refractivity (Wildman–Crippen MR) is 76.6 cm³/mol. The molecule has 102 valence electrons. The molecule has 0 bridgehead atoms. The van der Waals surface area contributed by atoms with Crippen LogP contribution in [-0.4, -0.2) is 18.6 Å². The first kappa shape index (κ1) is 13.7. The third-order valence-corrected chi connectivity index (χ3v) is 3.16. The normalized spacial score (nSPS) is 14.9. The number of methoxy groups -OCH3 is 1. The molecule has 1 aromatic carbocycles. The lowest BCUT2D eigenvalue weighted by atomic mass is 9.88. The van der Waals surface area contributed by atoms with Crippen molar-refractivity contribution in [2.24, 2.45) is 0 Å². The third-order valence-electron chi connectivity index (χ3n) is 3.16. The fraction of sp³-hybridized carbons (Fsp3) is 0.438. The number of ether oxygens (including phenoxy) is 1. The molecule has 1 N–H and O–H groups in total. The van der Waals surface area contributed by atoms with Gasteiger partial charge in [-0.1, -0.05) is 24.3 Å². The summed E-state index contributed by atoms with van der Waals surface area (Å²) in [5.74, 6) is -0.235. The van der Waals surface area contributed by atoms with Crippen molar-refractivity contribution in [2.75, 3.05) is 7.11 Å². The number of carbonyl (C=O) groups excluding carboxylic acids is 1. The van der Waals surface area contributed by atoms with Crippen molar-refractivity contribution in [1.29, 1.82) is 0 Å². The van der Waals surface area contributed by atoms with Gasteiger partial charge in [-0.15, -0.1) is 0 Å². The molecule has 1 aliphatic carbocycles. The summed E-state index contributed by atoms with van der Waals surface area (Å²) in [5.41, 5.74) is 3.96. The molecule has 0 saturated carbocycles. The highest BCUT2D eigenvalue weighted by Gasteiger charge is 2.26. The SMILES string of the molecule is COC(=O)C1=C(NC(C)(C)C)c2ccccc2CC1. The van der Waals surface area contributed by atoms with E-state index in [0.29, 0.717) is 0 Å². The van der Waals surface area contributed by atoms with Crippen molar-refractivity contribution >= 4 is 11.7 Å². The van der Waals surface area contributed by atoms with Gasteiger partial charge < -0.3 is 10.1 Å². The van der Waals surface area contributed by atoms with Gasteiger partial charge in [0.05, 0.1) is 18.4 Å². The number of carbonyl (C=O) groups is 1. The van der Waals surface area contributed by atoms with E-state index in [1.165, 1.54) is 12.7 Å². The Kier molecular flexibility index (Phi) is 3.65. The van der Waals surface area contributed by atoms with Gasteiger partial charge in [-0.25, -0.2) is 4.79 Å². The van der Waals surface area contributed by atoms with E-state index in [9.17, 15) is 4.79 Å². The Labute approximate surface area is 114 Å². The summed E-state index contributed by atoms with van der Waals surface area (Å²) in [6, 6.07) is 8.22. The monoisotopic (exact) mass is 259 g/mol. The average Bonchev–Trinajstić information content (AvgIpc) is 2.36. The van der Waals surface area contributed by atoms with Crippen LogP contribution in [0.3, 0.4) is 0 Å². The van der Waals surface area contributed by atoms with Crippen molar-refractivity contribution in [1.82, 2.24) is 5.32 Å². The molecule has 2 rings (SSSR count). The molecule has 0 amide bonds. The maximum absolute atomic E-state index is 12.0. The predicted octanol–water partition coefficient (Wildman–Crippen LogP) is 2.91. The molecule has 0 aromatic heterocycles. The summed E-state index contributed by atoms with van der Waals surface area (Å²) in [6.07, 6.45) is 1.61. The second-order valence-corrected chi connectivity index (χ2v) is 5.88. The van der Waals surface area contributed by atoms with Crippen molar-refractivity contribution in [3.05, 3.63) is 41.0 Å². The first-order chi connectivity index (χ1) is 8.92. The van der Waals surface area contributed by atoms with Crippen LogP contribution in [0.1, 0.15) is 38.3 Å². The zero-order valence-corrected chi connectivity index (χ0v) is 12.0. The van der Waals surface area contributed by atoms with E-state index in [1.807, 2.05) is 12.1 Å². The Morgan fingerprint density at radius 2 is 1.89 bits per heavy atom. The molecule has 3 heteroatoms. The Morgan fingerprint density at radius 1 is 1.21 bits per heavy atom. The minimum Gasteiger partial charge on any atom is -0.466 e. The molecule has 19 heavy (non-hydrogen) atoms. The highest BCUT2D eigenvalue weighted by Crippen LogP contribution is 2.31. The standard InChI is InChI=1S/C16H21NO2/c1-16(2,3)17-14-12-8-6-5-7-11(12)9-10-13(14)15(18)19-4/h5-8,17H,9-10H2,1-4H3. The lowest BCUT2D eigenvalue weighted by Gasteiger charge is -2.30. The van der Waals surface area contributed by atoms with Gasteiger partial charge in [-0.2, -0.15) is 0 Å². The highest BCUT2D eigenvalue weighted by atomic mass is 16.5. The second kappa shape index (κ2) is 5.08. The minimum atomic E-state index is -0.235. The topological polar surface area (TPSA) is 38.3 Å². The Hall–Kier alpha value is -1.77. The van der Waals surface area contributed by atoms with E-state index < -0.39 is 0 Å². The van der Waals surface area contributed by atoms with Gasteiger partial charge in [-0.05, 0) is 39.2 Å². The largest absolute Gasteiger partial charge is 0.466 e. The van der Waals surface area contributed by atoms with Crippen LogP contribution >= 0.6 is 0 Å². The fourth-order valence-corrected chi connectivity index (χ4v) is 2.37. The summed E-state index contributed by atoms with van der Waals surface area (Å²) in [4.78, 5) is 12.0. The molecule has 0 unspecified atom stereocenters. The number of hydrogen-bond acceptors (Lipinski definition) is 3. The van der Waals surface area contributed by atoms with E-state index >= 15 is 0 Å². The smallest absolute Gasteiger partial charge is 0.335 e. The summed E-state index contributed by atoms with van der Waals surface area (Å²) >= 11 is 0. The molecule has 0 saturated heterocycles. The number of benzene rings is 1. The highest BCUT2D eigenvalue weighted by molar-refractivity contribution is 5.98. The van der Waals surface area contributed by atoms with Crippen LogP contribution in [0.4, 0.5) is 0 Å². The number of esters is 1. The first-order valence-electron chi connectivity index (χ1n) is 6.60. The van der Waals surface area contributed by atoms with Crippen LogP contribution in [-0.2, 0) is 16.0 Å². The van der Waals surface area contributed by atoms with Crippen molar-refractivity contribution < 1.29 is 9.53 Å². The van der Waals surface area contributed by atoms with Crippen LogP contribution < -0.4 is 5.32 Å². The first-order valence-corrected chi connectivity index (χ1v) is 6.60. The van der Waals surface area contributed by atoms with E-state index in [-0.39, 0.29) is 11.5 Å². The summed E-state index contributed by atoms with van der Waals surface area (Å²) in [5, 5.41) is 3.46. The van der Waals surface area contributed by atoms with E-state index in [4.69, 9.17) is 4.74 Å².